The summed E-state index contributed by atoms with van der Waals surface area (Å²) in [5.74, 6) is 2.61. The number of hydrogen-bond acceptors (Lipinski definition) is 3. The maximum Gasteiger partial charge on any atom is 0.258 e. The van der Waals surface area contributed by atoms with Crippen molar-refractivity contribution in [2.75, 3.05) is 13.2 Å². The van der Waals surface area contributed by atoms with Crippen molar-refractivity contribution in [1.29, 1.82) is 0 Å². The molecule has 0 spiro atoms. The van der Waals surface area contributed by atoms with E-state index in [0.717, 1.165) is 0 Å². The molecule has 1 aromatic heterocycles. The maximum atomic E-state index is 11.0. The van der Waals surface area contributed by atoms with Crippen molar-refractivity contribution in [1.82, 2.24) is 10.3 Å². The Bertz CT molecular complexity index is 330. The van der Waals surface area contributed by atoms with Crippen LogP contribution in [0.25, 0.3) is 0 Å². The minimum Gasteiger partial charge on any atom is -0.482 e. The van der Waals surface area contributed by atoms with Gasteiger partial charge in [-0.05, 0) is 12.1 Å². The summed E-state index contributed by atoms with van der Waals surface area (Å²) in [5.41, 5.74) is 0. The predicted octanol–water partition coefficient (Wildman–Crippen LogP) is 0.210. The summed E-state index contributed by atoms with van der Waals surface area (Å²) in [5, 5.41) is 2.48. The second-order valence-corrected chi connectivity index (χ2v) is 2.46. The van der Waals surface area contributed by atoms with Crippen LogP contribution >= 0.6 is 0 Å². The molecule has 0 aromatic carbocycles. The van der Waals surface area contributed by atoms with E-state index in [1.54, 1.807) is 18.3 Å². The molecule has 0 saturated heterocycles. The second-order valence-electron chi connectivity index (χ2n) is 2.46. The van der Waals surface area contributed by atoms with Crippen LogP contribution in [-0.2, 0) is 4.79 Å². The Morgan fingerprint density at radius 3 is 3.21 bits per heavy atom. The van der Waals surface area contributed by atoms with Crippen LogP contribution in [0.3, 0.4) is 0 Å². The van der Waals surface area contributed by atoms with Crippen molar-refractivity contribution in [3.63, 3.8) is 0 Å². The van der Waals surface area contributed by atoms with Gasteiger partial charge in [-0.25, -0.2) is 0 Å². The highest BCUT2D eigenvalue weighted by Gasteiger charge is 2.00. The molecule has 4 nitrogen and oxygen atoms in total. The number of carbonyl (C=O) groups is 1. The van der Waals surface area contributed by atoms with Gasteiger partial charge in [0.25, 0.3) is 5.91 Å². The number of carbonyl (C=O) groups excluding carboxylic acids is 1. The van der Waals surface area contributed by atoms with Gasteiger partial charge in [0, 0.05) is 6.20 Å². The van der Waals surface area contributed by atoms with Crippen LogP contribution < -0.4 is 10.1 Å². The number of hydrogen-bond donors (Lipinski definition) is 1. The summed E-state index contributed by atoms with van der Waals surface area (Å²) in [7, 11) is 0. The van der Waals surface area contributed by atoms with Gasteiger partial charge in [0.05, 0.1) is 12.7 Å². The first kappa shape index (κ1) is 10.1. The molecule has 14 heavy (non-hydrogen) atoms. The quantitative estimate of drug-likeness (QED) is 0.690. The Kier molecular flexibility index (Phi) is 4.02. The van der Waals surface area contributed by atoms with E-state index >= 15 is 0 Å². The van der Waals surface area contributed by atoms with Gasteiger partial charge in [0.1, 0.15) is 5.75 Å². The van der Waals surface area contributed by atoms with Gasteiger partial charge in [-0.2, -0.15) is 0 Å². The van der Waals surface area contributed by atoms with Crippen LogP contribution in [0.2, 0.25) is 0 Å². The zero-order valence-electron chi connectivity index (χ0n) is 7.56. The first-order chi connectivity index (χ1) is 6.83. The standard InChI is InChI=1S/C10H10N2O2/c1-2-5-12-10(13)8-14-9-4-3-6-11-7-9/h1,3-4,6-7H,5,8H2,(H,12,13). The first-order valence-electron chi connectivity index (χ1n) is 4.06. The molecule has 0 atom stereocenters. The first-order valence-corrected chi connectivity index (χ1v) is 4.06. The number of rotatable bonds is 4. The minimum atomic E-state index is -0.244. The molecule has 1 heterocycles. The van der Waals surface area contributed by atoms with Crippen molar-refractivity contribution in [2.45, 2.75) is 0 Å². The fourth-order valence-corrected chi connectivity index (χ4v) is 0.782. The topological polar surface area (TPSA) is 51.2 Å². The van der Waals surface area contributed by atoms with Gasteiger partial charge in [-0.1, -0.05) is 5.92 Å². The Hall–Kier alpha value is -2.02. The molecule has 0 saturated carbocycles. The number of aromatic nitrogens is 1. The van der Waals surface area contributed by atoms with E-state index < -0.39 is 0 Å². The van der Waals surface area contributed by atoms with E-state index in [4.69, 9.17) is 11.2 Å². The highest BCUT2D eigenvalue weighted by Crippen LogP contribution is 2.04. The molecule has 0 bridgehead atoms. The Morgan fingerprint density at radius 1 is 1.71 bits per heavy atom. The number of terminal acetylenes is 1. The van der Waals surface area contributed by atoms with E-state index in [1.807, 2.05) is 0 Å². The summed E-state index contributed by atoms with van der Waals surface area (Å²) in [6, 6.07) is 3.45. The highest BCUT2D eigenvalue weighted by atomic mass is 16.5. The van der Waals surface area contributed by atoms with Crippen LogP contribution in [0, 0.1) is 12.3 Å². The molecule has 72 valence electrons. The average Bonchev–Trinajstić information content (AvgIpc) is 2.25. The number of ether oxygens (including phenoxy) is 1. The Balaban J connectivity index is 2.28. The summed E-state index contributed by atoms with van der Waals surface area (Å²) >= 11 is 0. The SMILES string of the molecule is C#CCNC(=O)COc1cccnc1. The monoisotopic (exact) mass is 190 g/mol. The lowest BCUT2D eigenvalue weighted by molar-refractivity contribution is -0.122. The van der Waals surface area contributed by atoms with Crippen molar-refractivity contribution in [3.8, 4) is 18.1 Å². The molecule has 0 aliphatic rings. The van der Waals surface area contributed by atoms with Crippen LogP contribution in [0.1, 0.15) is 0 Å². The number of pyridine rings is 1. The van der Waals surface area contributed by atoms with E-state index in [2.05, 4.69) is 16.2 Å². The predicted molar refractivity (Wildman–Crippen MR) is 51.6 cm³/mol. The van der Waals surface area contributed by atoms with Gasteiger partial charge in [-0.15, -0.1) is 6.42 Å². The lowest BCUT2D eigenvalue weighted by Gasteiger charge is -2.04. The lowest BCUT2D eigenvalue weighted by Crippen LogP contribution is -2.29. The zero-order valence-corrected chi connectivity index (χ0v) is 7.56. The fourth-order valence-electron chi connectivity index (χ4n) is 0.782. The molecule has 0 aliphatic heterocycles. The van der Waals surface area contributed by atoms with E-state index in [1.165, 1.54) is 6.20 Å². The smallest absolute Gasteiger partial charge is 0.258 e. The van der Waals surface area contributed by atoms with Crippen molar-refractivity contribution >= 4 is 5.91 Å². The molecule has 0 aliphatic carbocycles. The number of nitrogens with zero attached hydrogens (tertiary/aromatic N) is 1. The molecule has 0 fully saturated rings. The Morgan fingerprint density at radius 2 is 2.57 bits per heavy atom. The van der Waals surface area contributed by atoms with Crippen molar-refractivity contribution in [2.24, 2.45) is 0 Å². The van der Waals surface area contributed by atoms with Crippen LogP contribution in [0.5, 0.6) is 5.75 Å². The summed E-state index contributed by atoms with van der Waals surface area (Å²) in [6.45, 7) is 0.169. The third kappa shape index (κ3) is 3.59. The van der Waals surface area contributed by atoms with Crippen molar-refractivity contribution in [3.05, 3.63) is 24.5 Å². The molecule has 1 amide bonds. The largest absolute Gasteiger partial charge is 0.482 e. The average molecular weight is 190 g/mol. The van der Waals surface area contributed by atoms with Gasteiger partial charge in [-0.3, -0.25) is 9.78 Å². The maximum absolute atomic E-state index is 11.0. The van der Waals surface area contributed by atoms with Crippen LogP contribution in [0.15, 0.2) is 24.5 Å². The van der Waals surface area contributed by atoms with Crippen LogP contribution in [0.4, 0.5) is 0 Å². The molecular weight excluding hydrogens is 180 g/mol. The number of nitrogens with one attached hydrogen (secondary N) is 1. The molecule has 1 N–H and O–H groups in total. The van der Waals surface area contributed by atoms with Crippen molar-refractivity contribution < 1.29 is 9.53 Å². The fraction of sp³-hybridized carbons (Fsp3) is 0.200. The lowest BCUT2D eigenvalue weighted by atomic mass is 10.5. The molecule has 4 heteroatoms. The van der Waals surface area contributed by atoms with E-state index in [0.29, 0.717) is 5.75 Å². The van der Waals surface area contributed by atoms with Crippen LogP contribution in [-0.4, -0.2) is 24.0 Å². The molecule has 1 rings (SSSR count). The summed E-state index contributed by atoms with van der Waals surface area (Å²) in [4.78, 5) is 14.9. The summed E-state index contributed by atoms with van der Waals surface area (Å²) in [6.07, 6.45) is 8.13. The number of amides is 1. The van der Waals surface area contributed by atoms with Gasteiger partial charge in [0.15, 0.2) is 6.61 Å². The zero-order chi connectivity index (χ0) is 10.2. The second kappa shape index (κ2) is 5.60. The molecular formula is C10H10N2O2. The van der Waals surface area contributed by atoms with E-state index in [-0.39, 0.29) is 19.1 Å². The molecule has 1 aromatic rings. The third-order valence-corrected chi connectivity index (χ3v) is 1.39. The third-order valence-electron chi connectivity index (χ3n) is 1.39. The highest BCUT2D eigenvalue weighted by molar-refractivity contribution is 5.77. The molecule has 0 radical (unpaired) electrons. The van der Waals surface area contributed by atoms with Gasteiger partial charge < -0.3 is 10.1 Å². The van der Waals surface area contributed by atoms with Gasteiger partial charge in [0.2, 0.25) is 0 Å². The van der Waals surface area contributed by atoms with Gasteiger partial charge >= 0.3 is 0 Å². The Labute approximate surface area is 82.3 Å². The summed E-state index contributed by atoms with van der Waals surface area (Å²) < 4.78 is 5.12. The normalized spacial score (nSPS) is 8.79. The minimum absolute atomic E-state index is 0.0482. The van der Waals surface area contributed by atoms with E-state index in [9.17, 15) is 4.79 Å². The molecule has 0 unspecified atom stereocenters.